The summed E-state index contributed by atoms with van der Waals surface area (Å²) >= 11 is 0. The highest BCUT2D eigenvalue weighted by Crippen LogP contribution is 2.05. The second-order valence-corrected chi connectivity index (χ2v) is 3.92. The second kappa shape index (κ2) is 5.55. The summed E-state index contributed by atoms with van der Waals surface area (Å²) in [6.07, 6.45) is 2.63. The molecular weight excluding hydrogens is 148 g/mol. The number of rotatable bonds is 3. The first-order chi connectivity index (χ1) is 5.83. The zero-order valence-corrected chi connectivity index (χ0v) is 8.47. The van der Waals surface area contributed by atoms with Crippen molar-refractivity contribution in [2.45, 2.75) is 26.7 Å². The van der Waals surface area contributed by atoms with Gasteiger partial charge in [0.05, 0.1) is 0 Å². The van der Waals surface area contributed by atoms with Crippen LogP contribution >= 0.6 is 0 Å². The van der Waals surface area contributed by atoms with Crippen molar-refractivity contribution in [3.63, 3.8) is 0 Å². The topological polar surface area (TPSA) is 15.3 Å². The fourth-order valence-corrected chi connectivity index (χ4v) is 1.65. The Labute approximate surface area is 76.3 Å². The van der Waals surface area contributed by atoms with Gasteiger partial charge in [0.2, 0.25) is 0 Å². The smallest absolute Gasteiger partial charge is 0.0107 e. The first-order valence-corrected chi connectivity index (χ1v) is 5.26. The lowest BCUT2D eigenvalue weighted by atomic mass is 10.1. The van der Waals surface area contributed by atoms with Crippen molar-refractivity contribution in [1.82, 2.24) is 10.2 Å². The lowest BCUT2D eigenvalue weighted by molar-refractivity contribution is 0.249. The van der Waals surface area contributed by atoms with Crippen LogP contribution in [0.3, 0.4) is 0 Å². The molecule has 0 saturated carbocycles. The zero-order chi connectivity index (χ0) is 8.81. The molecular formula is C10H22N2. The number of nitrogens with one attached hydrogen (secondary N) is 1. The molecule has 2 nitrogen and oxygen atoms in total. The van der Waals surface area contributed by atoms with E-state index in [9.17, 15) is 0 Å². The van der Waals surface area contributed by atoms with Gasteiger partial charge in [-0.1, -0.05) is 20.3 Å². The van der Waals surface area contributed by atoms with Gasteiger partial charge in [0.1, 0.15) is 0 Å². The van der Waals surface area contributed by atoms with Crippen molar-refractivity contribution in [2.24, 2.45) is 5.92 Å². The van der Waals surface area contributed by atoms with E-state index in [0.29, 0.717) is 0 Å². The highest BCUT2D eigenvalue weighted by Gasteiger charge is 2.10. The number of nitrogens with zero attached hydrogens (tertiary/aromatic N) is 1. The van der Waals surface area contributed by atoms with E-state index in [1.807, 2.05) is 0 Å². The first kappa shape index (κ1) is 10.0. The Bertz CT molecular complexity index is 106. The van der Waals surface area contributed by atoms with Gasteiger partial charge in [0.15, 0.2) is 0 Å². The van der Waals surface area contributed by atoms with Crippen molar-refractivity contribution in [1.29, 1.82) is 0 Å². The van der Waals surface area contributed by atoms with Crippen LogP contribution in [0.4, 0.5) is 0 Å². The van der Waals surface area contributed by atoms with Crippen LogP contribution in [0.25, 0.3) is 0 Å². The van der Waals surface area contributed by atoms with Crippen LogP contribution in [-0.2, 0) is 0 Å². The molecule has 0 aromatic carbocycles. The minimum atomic E-state index is 0.864. The van der Waals surface area contributed by atoms with E-state index in [4.69, 9.17) is 0 Å². The Hall–Kier alpha value is -0.0800. The van der Waals surface area contributed by atoms with Gasteiger partial charge in [-0.25, -0.2) is 0 Å². The normalized spacial score (nSPS) is 23.5. The summed E-state index contributed by atoms with van der Waals surface area (Å²) in [5, 5.41) is 3.43. The molecule has 1 unspecified atom stereocenters. The van der Waals surface area contributed by atoms with Gasteiger partial charge in [0.25, 0.3) is 0 Å². The van der Waals surface area contributed by atoms with E-state index in [-0.39, 0.29) is 0 Å². The van der Waals surface area contributed by atoms with Gasteiger partial charge in [-0.3, -0.25) is 0 Å². The maximum absolute atomic E-state index is 3.43. The lowest BCUT2D eigenvalue weighted by Gasteiger charge is -2.22. The van der Waals surface area contributed by atoms with Gasteiger partial charge < -0.3 is 10.2 Å². The molecule has 1 heterocycles. The SMILES string of the molecule is CCC(C)CN1CCCNCC1. The molecule has 0 bridgehead atoms. The van der Waals surface area contributed by atoms with Gasteiger partial charge in [-0.05, 0) is 25.4 Å². The molecule has 0 spiro atoms. The van der Waals surface area contributed by atoms with Crippen molar-refractivity contribution in [3.05, 3.63) is 0 Å². The molecule has 1 saturated heterocycles. The van der Waals surface area contributed by atoms with E-state index < -0.39 is 0 Å². The third-order valence-corrected chi connectivity index (χ3v) is 2.70. The van der Waals surface area contributed by atoms with Gasteiger partial charge in [0, 0.05) is 19.6 Å². The monoisotopic (exact) mass is 170 g/mol. The van der Waals surface area contributed by atoms with E-state index >= 15 is 0 Å². The van der Waals surface area contributed by atoms with Crippen LogP contribution < -0.4 is 5.32 Å². The van der Waals surface area contributed by atoms with Crippen LogP contribution in [0.5, 0.6) is 0 Å². The maximum Gasteiger partial charge on any atom is 0.0107 e. The third kappa shape index (κ3) is 3.55. The third-order valence-electron chi connectivity index (χ3n) is 2.70. The van der Waals surface area contributed by atoms with Crippen LogP contribution in [0.1, 0.15) is 26.7 Å². The van der Waals surface area contributed by atoms with Crippen molar-refractivity contribution >= 4 is 0 Å². The zero-order valence-electron chi connectivity index (χ0n) is 8.47. The molecule has 1 aliphatic rings. The van der Waals surface area contributed by atoms with E-state index in [1.165, 1.54) is 45.6 Å². The minimum absolute atomic E-state index is 0.864. The highest BCUT2D eigenvalue weighted by atomic mass is 15.1. The van der Waals surface area contributed by atoms with Crippen molar-refractivity contribution in [2.75, 3.05) is 32.7 Å². The van der Waals surface area contributed by atoms with Gasteiger partial charge >= 0.3 is 0 Å². The largest absolute Gasteiger partial charge is 0.315 e. The molecule has 1 N–H and O–H groups in total. The summed E-state index contributed by atoms with van der Waals surface area (Å²) < 4.78 is 0. The van der Waals surface area contributed by atoms with Gasteiger partial charge in [-0.15, -0.1) is 0 Å². The fraction of sp³-hybridized carbons (Fsp3) is 1.00. The summed E-state index contributed by atoms with van der Waals surface area (Å²) in [5.74, 6) is 0.864. The lowest BCUT2D eigenvalue weighted by Crippen LogP contribution is -2.31. The molecule has 1 fully saturated rings. The fourth-order valence-electron chi connectivity index (χ4n) is 1.65. The summed E-state index contributed by atoms with van der Waals surface area (Å²) in [4.78, 5) is 2.59. The molecule has 1 atom stereocenters. The molecule has 0 aromatic rings. The molecule has 1 rings (SSSR count). The molecule has 1 aliphatic heterocycles. The maximum atomic E-state index is 3.43. The minimum Gasteiger partial charge on any atom is -0.315 e. The average Bonchev–Trinajstić information content (AvgIpc) is 2.33. The predicted molar refractivity (Wildman–Crippen MR) is 53.4 cm³/mol. The summed E-state index contributed by atoms with van der Waals surface area (Å²) in [7, 11) is 0. The molecule has 0 aliphatic carbocycles. The Morgan fingerprint density at radius 3 is 2.92 bits per heavy atom. The second-order valence-electron chi connectivity index (χ2n) is 3.92. The summed E-state index contributed by atoms with van der Waals surface area (Å²) in [6, 6.07) is 0. The standard InChI is InChI=1S/C10H22N2/c1-3-10(2)9-12-7-4-5-11-6-8-12/h10-11H,3-9H2,1-2H3. The molecule has 2 heteroatoms. The molecule has 12 heavy (non-hydrogen) atoms. The predicted octanol–water partition coefficient (Wildman–Crippen LogP) is 1.33. The highest BCUT2D eigenvalue weighted by molar-refractivity contribution is 4.67. The number of hydrogen-bond donors (Lipinski definition) is 1. The van der Waals surface area contributed by atoms with Gasteiger partial charge in [-0.2, -0.15) is 0 Å². The Morgan fingerprint density at radius 2 is 2.17 bits per heavy atom. The average molecular weight is 170 g/mol. The van der Waals surface area contributed by atoms with Crippen molar-refractivity contribution < 1.29 is 0 Å². The Kier molecular flexibility index (Phi) is 4.62. The Balaban J connectivity index is 2.20. The van der Waals surface area contributed by atoms with E-state index in [1.54, 1.807) is 0 Å². The Morgan fingerprint density at radius 1 is 1.33 bits per heavy atom. The molecule has 0 aromatic heterocycles. The molecule has 0 amide bonds. The van der Waals surface area contributed by atoms with Crippen molar-refractivity contribution in [3.8, 4) is 0 Å². The first-order valence-electron chi connectivity index (χ1n) is 5.26. The van der Waals surface area contributed by atoms with Crippen LogP contribution in [0.2, 0.25) is 0 Å². The summed E-state index contributed by atoms with van der Waals surface area (Å²) in [5.41, 5.74) is 0. The number of hydrogen-bond acceptors (Lipinski definition) is 2. The van der Waals surface area contributed by atoms with E-state index in [0.717, 1.165) is 5.92 Å². The van der Waals surface area contributed by atoms with E-state index in [2.05, 4.69) is 24.1 Å². The van der Waals surface area contributed by atoms with Crippen LogP contribution in [0.15, 0.2) is 0 Å². The quantitative estimate of drug-likeness (QED) is 0.687. The molecule has 0 radical (unpaired) electrons. The van der Waals surface area contributed by atoms with Crippen LogP contribution in [0, 0.1) is 5.92 Å². The summed E-state index contributed by atoms with van der Waals surface area (Å²) in [6.45, 7) is 10.8. The van der Waals surface area contributed by atoms with Crippen LogP contribution in [-0.4, -0.2) is 37.6 Å². The molecule has 72 valence electrons.